The maximum absolute atomic E-state index is 3.76. The second-order valence-electron chi connectivity index (χ2n) is 11.7. The monoisotopic (exact) mass is 822 g/mol. The SMILES string of the molecule is CCCCCCCCc1c(-c2ccc(-c3ccc(-c4sc5cc(Br)sc5c4CCCCCCCC)s3)s2)sc2cc(Br)sc12. The molecule has 0 unspecified atom stereocenters. The number of rotatable bonds is 17. The first-order valence-corrected chi connectivity index (χ1v) is 22.7. The van der Waals surface area contributed by atoms with E-state index < -0.39 is 0 Å². The Bertz CT molecular complexity index is 1660. The predicted octanol–water partition coefficient (Wildman–Crippen LogP) is 16.7. The van der Waals surface area contributed by atoms with E-state index in [0.29, 0.717) is 0 Å². The second kappa shape index (κ2) is 16.2. The van der Waals surface area contributed by atoms with Gasteiger partial charge in [-0.1, -0.05) is 78.1 Å². The summed E-state index contributed by atoms with van der Waals surface area (Å²) >= 11 is 19.3. The number of thiophene rings is 6. The van der Waals surface area contributed by atoms with Crippen molar-refractivity contribution in [2.24, 2.45) is 0 Å². The van der Waals surface area contributed by atoms with E-state index in [0.717, 1.165) is 0 Å². The second-order valence-corrected chi connectivity index (χ2v) is 20.8. The molecule has 6 rings (SSSR count). The van der Waals surface area contributed by atoms with Crippen LogP contribution in [0, 0.1) is 0 Å². The van der Waals surface area contributed by atoms with Gasteiger partial charge in [0, 0.05) is 38.7 Å². The van der Waals surface area contributed by atoms with Crippen molar-refractivity contribution in [3.63, 3.8) is 0 Å². The molecule has 0 spiro atoms. The molecular formula is C36H40Br2S6. The Hall–Kier alpha value is -0.320. The minimum Gasteiger partial charge on any atom is -0.134 e. The highest BCUT2D eigenvalue weighted by Crippen LogP contribution is 2.50. The number of unbranched alkanes of at least 4 members (excludes halogenated alkanes) is 10. The van der Waals surface area contributed by atoms with Crippen LogP contribution in [-0.4, -0.2) is 0 Å². The van der Waals surface area contributed by atoms with Gasteiger partial charge >= 0.3 is 0 Å². The Morgan fingerprint density at radius 1 is 0.455 bits per heavy atom. The number of hydrogen-bond acceptors (Lipinski definition) is 6. The van der Waals surface area contributed by atoms with E-state index in [1.54, 1.807) is 11.1 Å². The minimum atomic E-state index is 1.19. The van der Waals surface area contributed by atoms with Crippen LogP contribution >= 0.6 is 99.9 Å². The lowest BCUT2D eigenvalue weighted by Crippen LogP contribution is -1.86. The molecule has 0 amide bonds. The molecule has 0 aliphatic heterocycles. The molecule has 0 bridgehead atoms. The Morgan fingerprint density at radius 3 is 1.27 bits per heavy atom. The van der Waals surface area contributed by atoms with Crippen LogP contribution in [0.5, 0.6) is 0 Å². The van der Waals surface area contributed by atoms with Crippen molar-refractivity contribution in [3.05, 3.63) is 55.1 Å². The van der Waals surface area contributed by atoms with E-state index in [1.807, 2.05) is 68.0 Å². The zero-order chi connectivity index (χ0) is 30.5. The maximum Gasteiger partial charge on any atom is 0.0719 e. The minimum absolute atomic E-state index is 1.19. The quantitative estimate of drug-likeness (QED) is 0.0804. The van der Waals surface area contributed by atoms with E-state index in [-0.39, 0.29) is 0 Å². The average molecular weight is 825 g/mol. The number of fused-ring (bicyclic) bond motifs is 2. The van der Waals surface area contributed by atoms with Gasteiger partial charge in [0.15, 0.2) is 0 Å². The maximum atomic E-state index is 3.76. The van der Waals surface area contributed by atoms with Gasteiger partial charge in [0.1, 0.15) is 0 Å². The number of hydrogen-bond donors (Lipinski definition) is 0. The van der Waals surface area contributed by atoms with Crippen LogP contribution in [-0.2, 0) is 12.8 Å². The third-order valence-corrected chi connectivity index (χ3v) is 17.1. The Balaban J connectivity index is 1.21. The molecule has 234 valence electrons. The van der Waals surface area contributed by atoms with Crippen LogP contribution in [0.1, 0.15) is 102 Å². The van der Waals surface area contributed by atoms with Crippen LogP contribution in [0.4, 0.5) is 0 Å². The largest absolute Gasteiger partial charge is 0.134 e. The van der Waals surface area contributed by atoms with Gasteiger partial charge in [0.05, 0.1) is 17.0 Å². The summed E-state index contributed by atoms with van der Waals surface area (Å²) in [7, 11) is 0. The summed E-state index contributed by atoms with van der Waals surface area (Å²) in [6, 6.07) is 14.2. The lowest BCUT2D eigenvalue weighted by atomic mass is 10.0. The Labute approximate surface area is 303 Å². The third kappa shape index (κ3) is 7.86. The standard InChI is InChI=1S/C36H40Br2S6/c1-3-5-7-9-11-13-15-23-33(41-29-21-31(37)43-35(23)29)27-19-17-25(39-27)26-18-20-28(40-26)34-24(16-14-12-10-8-6-4-2)36-30(42-34)22-32(38)44-36/h17-22H,3-16H2,1-2H3. The molecule has 8 heteroatoms. The van der Waals surface area contributed by atoms with Gasteiger partial charge in [-0.05, 0) is 105 Å². The summed E-state index contributed by atoms with van der Waals surface area (Å²) in [4.78, 5) is 8.68. The summed E-state index contributed by atoms with van der Waals surface area (Å²) in [6.45, 7) is 4.60. The fourth-order valence-corrected chi connectivity index (χ4v) is 15.0. The summed E-state index contributed by atoms with van der Waals surface area (Å²) in [5.41, 5.74) is 3.17. The molecule has 0 saturated carbocycles. The van der Waals surface area contributed by atoms with Gasteiger partial charge in [0.2, 0.25) is 0 Å². The summed E-state index contributed by atoms with van der Waals surface area (Å²) in [5, 5.41) is 0. The van der Waals surface area contributed by atoms with Crippen LogP contribution in [0.15, 0.2) is 44.0 Å². The zero-order valence-corrected chi connectivity index (χ0v) is 33.6. The van der Waals surface area contributed by atoms with E-state index in [1.165, 1.54) is 146 Å². The lowest BCUT2D eigenvalue weighted by Gasteiger charge is -2.04. The van der Waals surface area contributed by atoms with E-state index in [9.17, 15) is 0 Å². The molecule has 0 nitrogen and oxygen atoms in total. The first-order valence-electron chi connectivity index (χ1n) is 16.2. The molecule has 0 atom stereocenters. The van der Waals surface area contributed by atoms with Crippen molar-refractivity contribution >= 4 is 119 Å². The van der Waals surface area contributed by atoms with Gasteiger partial charge < -0.3 is 0 Å². The Morgan fingerprint density at radius 2 is 0.841 bits per heavy atom. The van der Waals surface area contributed by atoms with Crippen molar-refractivity contribution < 1.29 is 0 Å². The highest BCUT2D eigenvalue weighted by atomic mass is 79.9. The third-order valence-electron chi connectivity index (χ3n) is 8.32. The summed E-state index contributed by atoms with van der Waals surface area (Å²) < 4.78 is 8.39. The van der Waals surface area contributed by atoms with Crippen molar-refractivity contribution in [3.8, 4) is 29.3 Å². The Kier molecular flexibility index (Phi) is 12.4. The molecule has 44 heavy (non-hydrogen) atoms. The predicted molar refractivity (Wildman–Crippen MR) is 215 cm³/mol. The molecule has 0 aromatic carbocycles. The van der Waals surface area contributed by atoms with Gasteiger partial charge in [-0.3, -0.25) is 0 Å². The molecular weight excluding hydrogens is 785 g/mol. The van der Waals surface area contributed by atoms with Crippen molar-refractivity contribution in [1.29, 1.82) is 0 Å². The van der Waals surface area contributed by atoms with Crippen molar-refractivity contribution in [2.75, 3.05) is 0 Å². The molecule has 0 N–H and O–H groups in total. The van der Waals surface area contributed by atoms with Crippen LogP contribution in [0.25, 0.3) is 48.1 Å². The van der Waals surface area contributed by atoms with Gasteiger partial charge in [-0.25, -0.2) is 0 Å². The van der Waals surface area contributed by atoms with Crippen LogP contribution in [0.2, 0.25) is 0 Å². The van der Waals surface area contributed by atoms with Gasteiger partial charge in [0.25, 0.3) is 0 Å². The van der Waals surface area contributed by atoms with Gasteiger partial charge in [-0.2, -0.15) is 0 Å². The number of aryl methyl sites for hydroxylation is 2. The van der Waals surface area contributed by atoms with Crippen molar-refractivity contribution in [2.45, 2.75) is 104 Å². The molecule has 0 aliphatic carbocycles. The van der Waals surface area contributed by atoms with Gasteiger partial charge in [-0.15, -0.1) is 68.0 Å². The summed E-state index contributed by atoms with van der Waals surface area (Å²) in [6.07, 6.45) is 18.5. The van der Waals surface area contributed by atoms with Crippen LogP contribution in [0.3, 0.4) is 0 Å². The molecule has 0 saturated heterocycles. The topological polar surface area (TPSA) is 0 Å². The van der Waals surface area contributed by atoms with Crippen LogP contribution < -0.4 is 0 Å². The molecule has 6 aromatic heterocycles. The molecule has 6 aromatic rings. The molecule has 6 heterocycles. The molecule has 0 fully saturated rings. The normalized spacial score (nSPS) is 12.0. The first-order chi connectivity index (χ1) is 21.6. The van der Waals surface area contributed by atoms with E-state index >= 15 is 0 Å². The average Bonchev–Trinajstić information content (AvgIpc) is 3.84. The fourth-order valence-electron chi connectivity index (χ4n) is 6.01. The highest BCUT2D eigenvalue weighted by Gasteiger charge is 2.21. The van der Waals surface area contributed by atoms with Crippen molar-refractivity contribution in [1.82, 2.24) is 0 Å². The molecule has 0 radical (unpaired) electrons. The molecule has 0 aliphatic rings. The zero-order valence-electron chi connectivity index (χ0n) is 25.6. The first kappa shape index (κ1) is 33.6. The summed E-state index contributed by atoms with van der Waals surface area (Å²) in [5.74, 6) is 0. The van der Waals surface area contributed by atoms with E-state index in [2.05, 4.69) is 82.1 Å². The smallest absolute Gasteiger partial charge is 0.0719 e. The fraction of sp³-hybridized carbons (Fsp3) is 0.444. The highest BCUT2D eigenvalue weighted by molar-refractivity contribution is 9.11. The number of halogens is 2. The lowest BCUT2D eigenvalue weighted by molar-refractivity contribution is 0.608. The van der Waals surface area contributed by atoms with E-state index in [4.69, 9.17) is 0 Å².